The fourth-order valence-corrected chi connectivity index (χ4v) is 3.49. The van der Waals surface area contributed by atoms with Crippen molar-refractivity contribution in [3.8, 4) is 11.9 Å². The summed E-state index contributed by atoms with van der Waals surface area (Å²) >= 11 is 0. The number of nitrogens with one attached hydrogen (secondary N) is 1. The van der Waals surface area contributed by atoms with E-state index < -0.39 is 5.92 Å². The van der Waals surface area contributed by atoms with Gasteiger partial charge in [0.15, 0.2) is 5.82 Å². The summed E-state index contributed by atoms with van der Waals surface area (Å²) in [6, 6.07) is 8.27. The van der Waals surface area contributed by atoms with E-state index in [1.54, 1.807) is 18.3 Å². The van der Waals surface area contributed by atoms with E-state index in [1.165, 1.54) is 23.7 Å². The Kier molecular flexibility index (Phi) is 4.49. The minimum atomic E-state index is -3.08. The van der Waals surface area contributed by atoms with Crippen LogP contribution in [-0.2, 0) is 10.7 Å². The molecule has 3 aromatic rings. The minimum Gasteiger partial charge on any atom is -0.311 e. The van der Waals surface area contributed by atoms with Crippen LogP contribution in [0.1, 0.15) is 44.0 Å². The van der Waals surface area contributed by atoms with Crippen LogP contribution in [-0.4, -0.2) is 25.7 Å². The number of anilines is 1. The number of halogens is 2. The fourth-order valence-electron chi connectivity index (χ4n) is 3.49. The van der Waals surface area contributed by atoms with Crippen molar-refractivity contribution in [2.24, 2.45) is 5.92 Å². The van der Waals surface area contributed by atoms with E-state index in [-0.39, 0.29) is 29.3 Å². The Bertz CT molecular complexity index is 1140. The standard InChI is InChI=1S/C20H18F2N6O/c1-11(29)25-17-8-15-14(10-24-17)19(13-6-12(7-13)9-23)27-28(15)18-5-3-4-16(26-18)20(2,21)22/h3-5,8,10,12-13H,6-7H2,1-2H3,(H,24,25,29). The third-order valence-corrected chi connectivity index (χ3v) is 5.01. The Labute approximate surface area is 165 Å². The van der Waals surface area contributed by atoms with Crippen molar-refractivity contribution in [3.05, 3.63) is 41.9 Å². The Morgan fingerprint density at radius 1 is 1.38 bits per heavy atom. The lowest BCUT2D eigenvalue weighted by molar-refractivity contribution is -0.114. The van der Waals surface area contributed by atoms with Crippen LogP contribution < -0.4 is 5.32 Å². The minimum absolute atomic E-state index is 0.00736. The first-order valence-electron chi connectivity index (χ1n) is 9.18. The van der Waals surface area contributed by atoms with E-state index in [0.717, 1.165) is 18.0 Å². The maximum absolute atomic E-state index is 13.8. The Hall–Kier alpha value is -3.41. The molecular weight excluding hydrogens is 378 g/mol. The summed E-state index contributed by atoms with van der Waals surface area (Å²) in [4.78, 5) is 19.8. The third-order valence-electron chi connectivity index (χ3n) is 5.01. The number of pyridine rings is 2. The average molecular weight is 396 g/mol. The van der Waals surface area contributed by atoms with Crippen LogP contribution in [0.25, 0.3) is 16.7 Å². The molecule has 4 rings (SSSR count). The Morgan fingerprint density at radius 3 is 2.79 bits per heavy atom. The smallest absolute Gasteiger partial charge is 0.287 e. The summed E-state index contributed by atoms with van der Waals surface area (Å²) in [5.74, 6) is -2.70. The lowest BCUT2D eigenvalue weighted by atomic mass is 9.73. The van der Waals surface area contributed by atoms with Gasteiger partial charge in [-0.15, -0.1) is 0 Å². The Balaban J connectivity index is 1.86. The molecule has 148 valence electrons. The summed E-state index contributed by atoms with van der Waals surface area (Å²) < 4.78 is 29.0. The predicted molar refractivity (Wildman–Crippen MR) is 102 cm³/mol. The highest BCUT2D eigenvalue weighted by atomic mass is 19.3. The molecule has 0 spiro atoms. The van der Waals surface area contributed by atoms with Crippen molar-refractivity contribution in [3.63, 3.8) is 0 Å². The number of fused-ring (bicyclic) bond motifs is 1. The van der Waals surface area contributed by atoms with Gasteiger partial charge in [0, 0.05) is 43.3 Å². The highest BCUT2D eigenvalue weighted by Gasteiger charge is 2.34. The molecule has 3 heterocycles. The predicted octanol–water partition coefficient (Wildman–Crippen LogP) is 3.90. The number of carbonyl (C=O) groups is 1. The molecule has 1 fully saturated rings. The third kappa shape index (κ3) is 3.53. The van der Waals surface area contributed by atoms with Gasteiger partial charge in [-0.2, -0.15) is 19.1 Å². The van der Waals surface area contributed by atoms with Gasteiger partial charge in [0.2, 0.25) is 5.91 Å². The molecule has 0 radical (unpaired) electrons. The molecule has 3 aromatic heterocycles. The van der Waals surface area contributed by atoms with Crippen molar-refractivity contribution in [2.45, 2.75) is 38.5 Å². The molecule has 0 aromatic carbocycles. The first kappa shape index (κ1) is 18.9. The van der Waals surface area contributed by atoms with Crippen LogP contribution in [0.2, 0.25) is 0 Å². The number of hydrogen-bond acceptors (Lipinski definition) is 5. The molecule has 0 bridgehead atoms. The van der Waals surface area contributed by atoms with Crippen molar-refractivity contribution >= 4 is 22.6 Å². The van der Waals surface area contributed by atoms with Crippen molar-refractivity contribution in [1.29, 1.82) is 5.26 Å². The number of amides is 1. The molecule has 7 nitrogen and oxygen atoms in total. The summed E-state index contributed by atoms with van der Waals surface area (Å²) in [7, 11) is 0. The molecule has 1 aliphatic rings. The van der Waals surface area contributed by atoms with Crippen LogP contribution in [0.3, 0.4) is 0 Å². The molecule has 0 atom stereocenters. The topological polar surface area (TPSA) is 96.5 Å². The average Bonchev–Trinajstić information content (AvgIpc) is 2.98. The van der Waals surface area contributed by atoms with Gasteiger partial charge < -0.3 is 5.32 Å². The zero-order valence-corrected chi connectivity index (χ0v) is 15.9. The molecule has 1 saturated carbocycles. The summed E-state index contributed by atoms with van der Waals surface area (Å²) in [6.45, 7) is 2.17. The van der Waals surface area contributed by atoms with Crippen LogP contribution in [0.15, 0.2) is 30.5 Å². The van der Waals surface area contributed by atoms with Gasteiger partial charge in [-0.25, -0.2) is 14.6 Å². The second-order valence-electron chi connectivity index (χ2n) is 7.33. The maximum atomic E-state index is 13.8. The normalized spacial score (nSPS) is 18.9. The largest absolute Gasteiger partial charge is 0.311 e. The molecule has 1 N–H and O–H groups in total. The molecule has 0 aliphatic heterocycles. The second kappa shape index (κ2) is 6.88. The van der Waals surface area contributed by atoms with E-state index in [9.17, 15) is 13.6 Å². The van der Waals surface area contributed by atoms with E-state index in [0.29, 0.717) is 24.2 Å². The van der Waals surface area contributed by atoms with Crippen LogP contribution in [0.5, 0.6) is 0 Å². The van der Waals surface area contributed by atoms with Gasteiger partial charge in [0.1, 0.15) is 11.5 Å². The first-order valence-corrected chi connectivity index (χ1v) is 9.18. The number of hydrogen-bond donors (Lipinski definition) is 1. The molecule has 29 heavy (non-hydrogen) atoms. The van der Waals surface area contributed by atoms with Gasteiger partial charge in [-0.3, -0.25) is 4.79 Å². The molecule has 0 unspecified atom stereocenters. The van der Waals surface area contributed by atoms with E-state index in [4.69, 9.17) is 5.26 Å². The molecular formula is C20H18F2N6O. The lowest BCUT2D eigenvalue weighted by Gasteiger charge is -2.29. The Morgan fingerprint density at radius 2 is 2.14 bits per heavy atom. The van der Waals surface area contributed by atoms with Crippen LogP contribution in [0.4, 0.5) is 14.6 Å². The summed E-state index contributed by atoms with van der Waals surface area (Å²) in [6.07, 6.45) is 2.99. The summed E-state index contributed by atoms with van der Waals surface area (Å²) in [5.41, 5.74) is 0.997. The van der Waals surface area contributed by atoms with Gasteiger partial charge in [0.25, 0.3) is 5.92 Å². The first-order chi connectivity index (χ1) is 13.8. The number of alkyl halides is 2. The quantitative estimate of drug-likeness (QED) is 0.721. The molecule has 1 aliphatic carbocycles. The highest BCUT2D eigenvalue weighted by Crippen LogP contribution is 2.43. The fraction of sp³-hybridized carbons (Fsp3) is 0.350. The zero-order valence-electron chi connectivity index (χ0n) is 15.9. The van der Waals surface area contributed by atoms with Gasteiger partial charge in [-0.1, -0.05) is 6.07 Å². The van der Waals surface area contributed by atoms with Crippen LogP contribution in [0, 0.1) is 17.2 Å². The number of nitrogens with zero attached hydrogens (tertiary/aromatic N) is 5. The van der Waals surface area contributed by atoms with Crippen LogP contribution >= 0.6 is 0 Å². The zero-order chi connectivity index (χ0) is 20.8. The maximum Gasteiger partial charge on any atom is 0.287 e. The van der Waals surface area contributed by atoms with Crippen molar-refractivity contribution in [2.75, 3.05) is 5.32 Å². The molecule has 0 saturated heterocycles. The van der Waals surface area contributed by atoms with Gasteiger partial charge in [-0.05, 0) is 25.0 Å². The van der Waals surface area contributed by atoms with Crippen molar-refractivity contribution < 1.29 is 13.6 Å². The lowest BCUT2D eigenvalue weighted by Crippen LogP contribution is -2.21. The number of aromatic nitrogens is 4. The number of carbonyl (C=O) groups excluding carboxylic acids is 1. The monoisotopic (exact) mass is 396 g/mol. The SMILES string of the molecule is CC(=O)Nc1cc2c(cn1)c(C1CC(C#N)C1)nn2-c1cccc(C(C)(F)F)n1. The van der Waals surface area contributed by atoms with Crippen molar-refractivity contribution in [1.82, 2.24) is 19.7 Å². The van der Waals surface area contributed by atoms with Gasteiger partial charge >= 0.3 is 0 Å². The highest BCUT2D eigenvalue weighted by molar-refractivity contribution is 5.91. The number of nitriles is 1. The van der Waals surface area contributed by atoms with E-state index in [2.05, 4.69) is 26.5 Å². The van der Waals surface area contributed by atoms with E-state index >= 15 is 0 Å². The van der Waals surface area contributed by atoms with Gasteiger partial charge in [0.05, 0.1) is 17.3 Å². The molecule has 9 heteroatoms. The second-order valence-corrected chi connectivity index (χ2v) is 7.33. The number of rotatable bonds is 4. The van der Waals surface area contributed by atoms with E-state index in [1.807, 2.05) is 0 Å². The molecule has 1 amide bonds. The summed E-state index contributed by atoms with van der Waals surface area (Å²) in [5, 5.41) is 17.1.